The van der Waals surface area contributed by atoms with Gasteiger partial charge in [0.1, 0.15) is 5.75 Å². The number of carbonyl (C=O) groups is 1. The molecule has 7 nitrogen and oxygen atoms in total. The van der Waals surface area contributed by atoms with E-state index in [1.807, 2.05) is 13.0 Å². The van der Waals surface area contributed by atoms with Gasteiger partial charge in [0.15, 0.2) is 0 Å². The molecule has 0 aliphatic carbocycles. The molecule has 0 bridgehead atoms. The van der Waals surface area contributed by atoms with Crippen LogP contribution in [-0.4, -0.2) is 34.6 Å². The minimum Gasteiger partial charge on any atom is -0.496 e. The number of benzene rings is 1. The first-order valence-corrected chi connectivity index (χ1v) is 7.93. The van der Waals surface area contributed by atoms with Crippen LogP contribution in [0.5, 0.6) is 5.75 Å². The standard InChI is InChI=1S/C16H18ClN5O2/c1-3-19-16(23)22-7-9-11(8-22)20-15(18)21-14(9)13-10(17)5-4-6-12(13)24-2/h4-6H,3,7-8H2,1-2H3,(H,19,23)(H2,18,20,21). The Hall–Kier alpha value is -2.54. The van der Waals surface area contributed by atoms with Gasteiger partial charge in [-0.15, -0.1) is 0 Å². The third-order valence-corrected chi connectivity index (χ3v) is 4.16. The van der Waals surface area contributed by atoms with Gasteiger partial charge in [-0.2, -0.15) is 0 Å². The lowest BCUT2D eigenvalue weighted by Gasteiger charge is -2.15. The number of hydrogen-bond acceptors (Lipinski definition) is 5. The van der Waals surface area contributed by atoms with Crippen molar-refractivity contribution in [1.82, 2.24) is 20.2 Å². The number of nitrogens with zero attached hydrogens (tertiary/aromatic N) is 3. The van der Waals surface area contributed by atoms with E-state index in [9.17, 15) is 4.79 Å². The molecule has 0 spiro atoms. The summed E-state index contributed by atoms with van der Waals surface area (Å²) in [6, 6.07) is 5.23. The van der Waals surface area contributed by atoms with Gasteiger partial charge in [0, 0.05) is 12.1 Å². The van der Waals surface area contributed by atoms with Crippen molar-refractivity contribution >= 4 is 23.6 Å². The van der Waals surface area contributed by atoms with Gasteiger partial charge in [-0.05, 0) is 19.1 Å². The van der Waals surface area contributed by atoms with Crippen LogP contribution in [0.2, 0.25) is 5.02 Å². The maximum absolute atomic E-state index is 12.1. The number of nitrogens with one attached hydrogen (secondary N) is 1. The number of rotatable bonds is 3. The summed E-state index contributed by atoms with van der Waals surface area (Å²) in [7, 11) is 1.57. The zero-order valence-electron chi connectivity index (χ0n) is 13.5. The van der Waals surface area contributed by atoms with E-state index in [-0.39, 0.29) is 12.0 Å². The van der Waals surface area contributed by atoms with Crippen LogP contribution in [0.25, 0.3) is 11.3 Å². The summed E-state index contributed by atoms with van der Waals surface area (Å²) in [6.07, 6.45) is 0. The fraction of sp³-hybridized carbons (Fsp3) is 0.312. The van der Waals surface area contributed by atoms with Crippen molar-refractivity contribution in [3.05, 3.63) is 34.5 Å². The minimum atomic E-state index is -0.147. The summed E-state index contributed by atoms with van der Waals surface area (Å²) < 4.78 is 5.41. The molecule has 1 aromatic heterocycles. The molecule has 24 heavy (non-hydrogen) atoms. The highest BCUT2D eigenvalue weighted by Crippen LogP contribution is 2.40. The maximum atomic E-state index is 12.1. The number of aromatic nitrogens is 2. The average molecular weight is 348 g/mol. The van der Waals surface area contributed by atoms with Gasteiger partial charge in [-0.3, -0.25) is 0 Å². The van der Waals surface area contributed by atoms with E-state index < -0.39 is 0 Å². The van der Waals surface area contributed by atoms with Crippen LogP contribution in [0.1, 0.15) is 18.2 Å². The number of amides is 2. The first kappa shape index (κ1) is 16.3. The van der Waals surface area contributed by atoms with Gasteiger partial charge < -0.3 is 20.7 Å². The Labute approximate surface area is 144 Å². The zero-order chi connectivity index (χ0) is 17.3. The highest BCUT2D eigenvalue weighted by molar-refractivity contribution is 6.33. The van der Waals surface area contributed by atoms with Gasteiger partial charge >= 0.3 is 6.03 Å². The molecule has 0 unspecified atom stereocenters. The molecule has 1 aliphatic rings. The van der Waals surface area contributed by atoms with Crippen LogP contribution in [0.4, 0.5) is 10.7 Å². The largest absolute Gasteiger partial charge is 0.496 e. The summed E-state index contributed by atoms with van der Waals surface area (Å²) in [4.78, 5) is 22.4. The van der Waals surface area contributed by atoms with Gasteiger partial charge in [0.2, 0.25) is 5.95 Å². The molecule has 2 aromatic rings. The number of methoxy groups -OCH3 is 1. The first-order valence-electron chi connectivity index (χ1n) is 7.56. The third-order valence-electron chi connectivity index (χ3n) is 3.85. The third kappa shape index (κ3) is 2.82. The van der Waals surface area contributed by atoms with E-state index in [0.717, 1.165) is 11.3 Å². The Morgan fingerprint density at radius 1 is 1.42 bits per heavy atom. The van der Waals surface area contributed by atoms with Crippen molar-refractivity contribution < 1.29 is 9.53 Å². The van der Waals surface area contributed by atoms with Crippen molar-refractivity contribution in [3.63, 3.8) is 0 Å². The SMILES string of the molecule is CCNC(=O)N1Cc2nc(N)nc(-c3c(Cl)cccc3OC)c2C1. The van der Waals surface area contributed by atoms with Crippen LogP contribution in [0.15, 0.2) is 18.2 Å². The smallest absolute Gasteiger partial charge is 0.318 e. The van der Waals surface area contributed by atoms with Crippen LogP contribution in [0.3, 0.4) is 0 Å². The van der Waals surface area contributed by atoms with E-state index >= 15 is 0 Å². The Morgan fingerprint density at radius 3 is 2.92 bits per heavy atom. The first-order chi connectivity index (χ1) is 11.5. The second-order valence-electron chi connectivity index (χ2n) is 5.36. The number of halogens is 1. The molecule has 126 valence electrons. The number of carbonyl (C=O) groups excluding carboxylic acids is 1. The molecule has 0 radical (unpaired) electrons. The van der Waals surface area contributed by atoms with E-state index in [1.165, 1.54) is 0 Å². The average Bonchev–Trinajstić information content (AvgIpc) is 2.98. The molecule has 3 N–H and O–H groups in total. The Balaban J connectivity index is 2.09. The van der Waals surface area contributed by atoms with Gasteiger partial charge in [0.05, 0.1) is 42.2 Å². The predicted octanol–water partition coefficient (Wildman–Crippen LogP) is 2.43. The van der Waals surface area contributed by atoms with E-state index in [0.29, 0.717) is 41.7 Å². The molecule has 0 atom stereocenters. The lowest BCUT2D eigenvalue weighted by atomic mass is 10.0. The summed E-state index contributed by atoms with van der Waals surface area (Å²) in [5.41, 5.74) is 8.69. The van der Waals surface area contributed by atoms with E-state index in [4.69, 9.17) is 22.1 Å². The monoisotopic (exact) mass is 347 g/mol. The fourth-order valence-corrected chi connectivity index (χ4v) is 3.05. The summed E-state index contributed by atoms with van der Waals surface area (Å²) in [5, 5.41) is 3.29. The minimum absolute atomic E-state index is 0.142. The Morgan fingerprint density at radius 2 is 2.21 bits per heavy atom. The van der Waals surface area contributed by atoms with Gasteiger partial charge in [-0.25, -0.2) is 14.8 Å². The highest BCUT2D eigenvalue weighted by Gasteiger charge is 2.30. The molecule has 3 rings (SSSR count). The number of urea groups is 1. The molecular formula is C16H18ClN5O2. The molecule has 2 heterocycles. The topological polar surface area (TPSA) is 93.4 Å². The van der Waals surface area contributed by atoms with Gasteiger partial charge in [0.25, 0.3) is 0 Å². The molecule has 2 amide bonds. The van der Waals surface area contributed by atoms with Gasteiger partial charge in [-0.1, -0.05) is 17.7 Å². The van der Waals surface area contributed by atoms with E-state index in [1.54, 1.807) is 24.1 Å². The van der Waals surface area contributed by atoms with Crippen molar-refractivity contribution in [3.8, 4) is 17.0 Å². The molecule has 0 fully saturated rings. The summed E-state index contributed by atoms with van der Waals surface area (Å²) in [6.45, 7) is 3.21. The number of anilines is 1. The van der Waals surface area contributed by atoms with Crippen molar-refractivity contribution in [2.75, 3.05) is 19.4 Å². The molecule has 1 aromatic carbocycles. The van der Waals surface area contributed by atoms with Crippen LogP contribution >= 0.6 is 11.6 Å². The molecular weight excluding hydrogens is 330 g/mol. The molecule has 0 saturated heterocycles. The lowest BCUT2D eigenvalue weighted by Crippen LogP contribution is -2.36. The van der Waals surface area contributed by atoms with Crippen LogP contribution < -0.4 is 15.8 Å². The lowest BCUT2D eigenvalue weighted by molar-refractivity contribution is 0.199. The maximum Gasteiger partial charge on any atom is 0.318 e. The fourth-order valence-electron chi connectivity index (χ4n) is 2.79. The summed E-state index contributed by atoms with van der Waals surface area (Å²) in [5.74, 6) is 0.739. The van der Waals surface area contributed by atoms with Crippen molar-refractivity contribution in [2.45, 2.75) is 20.0 Å². The Kier molecular flexibility index (Phi) is 4.44. The molecule has 8 heteroatoms. The second-order valence-corrected chi connectivity index (χ2v) is 5.77. The second kappa shape index (κ2) is 6.52. The number of ether oxygens (including phenoxy) is 1. The van der Waals surface area contributed by atoms with Crippen molar-refractivity contribution in [1.29, 1.82) is 0 Å². The Bertz CT molecular complexity index is 796. The molecule has 0 saturated carbocycles. The predicted molar refractivity (Wildman–Crippen MR) is 91.8 cm³/mol. The van der Waals surface area contributed by atoms with Crippen LogP contribution in [0, 0.1) is 0 Å². The number of nitrogens with two attached hydrogens (primary N) is 1. The summed E-state index contributed by atoms with van der Waals surface area (Å²) >= 11 is 6.37. The van der Waals surface area contributed by atoms with Crippen molar-refractivity contribution in [2.24, 2.45) is 0 Å². The highest BCUT2D eigenvalue weighted by atomic mass is 35.5. The zero-order valence-corrected chi connectivity index (χ0v) is 14.2. The van der Waals surface area contributed by atoms with Crippen LogP contribution in [-0.2, 0) is 13.1 Å². The quantitative estimate of drug-likeness (QED) is 0.889. The number of fused-ring (bicyclic) bond motifs is 1. The molecule has 1 aliphatic heterocycles. The van der Waals surface area contributed by atoms with E-state index in [2.05, 4.69) is 15.3 Å². The number of hydrogen-bond donors (Lipinski definition) is 2. The normalized spacial score (nSPS) is 12.9. The number of nitrogen functional groups attached to an aromatic ring is 1.